The van der Waals surface area contributed by atoms with Gasteiger partial charge in [0.1, 0.15) is 34.8 Å². The molecule has 4 aromatic heterocycles. The van der Waals surface area contributed by atoms with E-state index in [1.54, 1.807) is 57.7 Å². The standard InChI is InChI=1S/C31H31FN10O/c1-20-5-7-24(25(32)13-20)30(38(2)3)31(43)41-11-9-40(10-12-41)27-8-6-21(15-34-27)28-29-22(14-33)16-36-42(29)19-26(37-28)23-17-35-39(4)18-23/h5-8,13,15-19,30H,9-12H2,1-4H3. The zero-order valence-corrected chi connectivity index (χ0v) is 24.4. The van der Waals surface area contributed by atoms with E-state index in [9.17, 15) is 14.4 Å². The first-order valence-corrected chi connectivity index (χ1v) is 13.9. The minimum absolute atomic E-state index is 0.117. The van der Waals surface area contributed by atoms with Crippen LogP contribution in [0.4, 0.5) is 10.2 Å². The van der Waals surface area contributed by atoms with Crippen LogP contribution in [0.25, 0.3) is 28.0 Å². The van der Waals surface area contributed by atoms with Crippen molar-refractivity contribution in [2.45, 2.75) is 13.0 Å². The number of nitrogens with zero attached hydrogens (tertiary/aromatic N) is 10. The largest absolute Gasteiger partial charge is 0.353 e. The molecule has 12 heteroatoms. The van der Waals surface area contributed by atoms with Crippen LogP contribution in [0.5, 0.6) is 0 Å². The van der Waals surface area contributed by atoms with Gasteiger partial charge < -0.3 is 9.80 Å². The highest BCUT2D eigenvalue weighted by atomic mass is 19.1. The molecular weight excluding hydrogens is 547 g/mol. The molecular formula is C31H31FN10O. The third-order valence-electron chi connectivity index (χ3n) is 7.76. The number of aromatic nitrogens is 6. The molecule has 218 valence electrons. The summed E-state index contributed by atoms with van der Waals surface area (Å²) in [5.41, 5.74) is 5.09. The number of rotatable bonds is 6. The van der Waals surface area contributed by atoms with Crippen LogP contribution >= 0.6 is 0 Å². The van der Waals surface area contributed by atoms with E-state index in [1.807, 2.05) is 38.4 Å². The van der Waals surface area contributed by atoms with Crippen molar-refractivity contribution in [1.29, 1.82) is 5.26 Å². The van der Waals surface area contributed by atoms with Crippen molar-refractivity contribution in [2.75, 3.05) is 45.2 Å². The molecule has 0 aliphatic carbocycles. The number of piperazine rings is 1. The van der Waals surface area contributed by atoms with Gasteiger partial charge in [-0.1, -0.05) is 12.1 Å². The average Bonchev–Trinajstić information content (AvgIpc) is 3.64. The Bertz CT molecular complexity index is 1840. The van der Waals surface area contributed by atoms with Crippen molar-refractivity contribution < 1.29 is 9.18 Å². The van der Waals surface area contributed by atoms with E-state index in [4.69, 9.17) is 9.97 Å². The van der Waals surface area contributed by atoms with E-state index in [0.717, 1.165) is 22.5 Å². The molecule has 0 radical (unpaired) electrons. The number of benzene rings is 1. The van der Waals surface area contributed by atoms with Crippen LogP contribution < -0.4 is 4.90 Å². The van der Waals surface area contributed by atoms with Crippen molar-refractivity contribution >= 4 is 17.2 Å². The maximum absolute atomic E-state index is 14.8. The molecule has 0 bridgehead atoms. The second-order valence-electron chi connectivity index (χ2n) is 10.9. The first-order chi connectivity index (χ1) is 20.7. The van der Waals surface area contributed by atoms with Crippen molar-refractivity contribution in [3.63, 3.8) is 0 Å². The van der Waals surface area contributed by atoms with Crippen LogP contribution in [0.3, 0.4) is 0 Å². The Kier molecular flexibility index (Phi) is 7.33. The number of carbonyl (C=O) groups excluding carboxylic acids is 1. The number of anilines is 1. The summed E-state index contributed by atoms with van der Waals surface area (Å²) in [6, 6.07) is 10.4. The molecule has 11 nitrogen and oxygen atoms in total. The predicted octanol–water partition coefficient (Wildman–Crippen LogP) is 3.46. The molecule has 6 rings (SSSR count). The molecule has 0 saturated carbocycles. The Hall–Kier alpha value is -5.15. The highest BCUT2D eigenvalue weighted by Crippen LogP contribution is 2.30. The Labute approximate surface area is 248 Å². The molecule has 43 heavy (non-hydrogen) atoms. The van der Waals surface area contributed by atoms with Crippen molar-refractivity contribution in [1.82, 2.24) is 39.2 Å². The van der Waals surface area contributed by atoms with Gasteiger partial charge in [-0.2, -0.15) is 15.5 Å². The monoisotopic (exact) mass is 578 g/mol. The van der Waals surface area contributed by atoms with Crippen molar-refractivity contribution in [3.05, 3.63) is 83.8 Å². The van der Waals surface area contributed by atoms with Crippen molar-refractivity contribution in [3.8, 4) is 28.6 Å². The number of pyridine rings is 1. The molecule has 1 unspecified atom stereocenters. The zero-order chi connectivity index (χ0) is 30.2. The van der Waals surface area contributed by atoms with Gasteiger partial charge in [-0.3, -0.25) is 14.4 Å². The first-order valence-electron chi connectivity index (χ1n) is 13.9. The van der Waals surface area contributed by atoms with Crippen LogP contribution in [-0.4, -0.2) is 85.3 Å². The van der Waals surface area contributed by atoms with Gasteiger partial charge in [-0.05, 0) is 44.8 Å². The van der Waals surface area contributed by atoms with Gasteiger partial charge in [-0.15, -0.1) is 0 Å². The molecule has 1 aliphatic rings. The molecule has 1 saturated heterocycles. The highest BCUT2D eigenvalue weighted by molar-refractivity contribution is 5.84. The quantitative estimate of drug-likeness (QED) is 0.301. The van der Waals surface area contributed by atoms with Gasteiger partial charge in [0.05, 0.1) is 30.0 Å². The van der Waals surface area contributed by atoms with Gasteiger partial charge in [0.15, 0.2) is 0 Å². The molecule has 1 aromatic carbocycles. The lowest BCUT2D eigenvalue weighted by Gasteiger charge is -2.38. The molecule has 1 atom stereocenters. The molecule has 1 amide bonds. The minimum atomic E-state index is -0.696. The summed E-state index contributed by atoms with van der Waals surface area (Å²) in [7, 11) is 5.43. The average molecular weight is 579 g/mol. The molecule has 0 spiro atoms. The van der Waals surface area contributed by atoms with E-state index in [0.29, 0.717) is 54.2 Å². The molecule has 1 fully saturated rings. The third-order valence-corrected chi connectivity index (χ3v) is 7.76. The van der Waals surface area contributed by atoms with Crippen LogP contribution in [0.15, 0.2) is 61.3 Å². The van der Waals surface area contributed by atoms with Crippen LogP contribution in [0.1, 0.15) is 22.7 Å². The molecule has 5 heterocycles. The summed E-state index contributed by atoms with van der Waals surface area (Å²) in [5, 5.41) is 18.3. The topological polar surface area (TPSA) is 111 Å². The lowest BCUT2D eigenvalue weighted by atomic mass is 10.0. The lowest BCUT2D eigenvalue weighted by Crippen LogP contribution is -2.51. The van der Waals surface area contributed by atoms with E-state index in [1.165, 1.54) is 12.3 Å². The number of likely N-dealkylation sites (N-methyl/N-ethyl adjacent to an activating group) is 1. The molecule has 5 aromatic rings. The maximum Gasteiger partial charge on any atom is 0.244 e. The lowest BCUT2D eigenvalue weighted by molar-refractivity contribution is -0.136. The number of hydrogen-bond donors (Lipinski definition) is 0. The summed E-state index contributed by atoms with van der Waals surface area (Å²) >= 11 is 0. The minimum Gasteiger partial charge on any atom is -0.353 e. The normalized spacial score (nSPS) is 14.3. The van der Waals surface area contributed by atoms with E-state index < -0.39 is 6.04 Å². The molecule has 1 aliphatic heterocycles. The first kappa shape index (κ1) is 28.0. The Morgan fingerprint density at radius 2 is 1.81 bits per heavy atom. The summed E-state index contributed by atoms with van der Waals surface area (Å²) < 4.78 is 18.2. The van der Waals surface area contributed by atoms with Gasteiger partial charge in [0.25, 0.3) is 0 Å². The Morgan fingerprint density at radius 1 is 1.02 bits per heavy atom. The number of hydrogen-bond acceptors (Lipinski definition) is 8. The number of aryl methyl sites for hydroxylation is 2. The van der Waals surface area contributed by atoms with Gasteiger partial charge >= 0.3 is 0 Å². The van der Waals surface area contributed by atoms with Crippen molar-refractivity contribution in [2.24, 2.45) is 7.05 Å². The Morgan fingerprint density at radius 3 is 2.44 bits per heavy atom. The maximum atomic E-state index is 14.8. The number of fused-ring (bicyclic) bond motifs is 1. The number of nitriles is 1. The summed E-state index contributed by atoms with van der Waals surface area (Å²) in [5.74, 6) is 0.289. The van der Waals surface area contributed by atoms with E-state index in [-0.39, 0.29) is 11.7 Å². The highest BCUT2D eigenvalue weighted by Gasteiger charge is 2.32. The van der Waals surface area contributed by atoms with Gasteiger partial charge in [0, 0.05) is 62.3 Å². The summed E-state index contributed by atoms with van der Waals surface area (Å²) in [4.78, 5) is 28.8. The third kappa shape index (κ3) is 5.30. The summed E-state index contributed by atoms with van der Waals surface area (Å²) in [6.45, 7) is 4.01. The second kappa shape index (κ2) is 11.3. The fourth-order valence-electron chi connectivity index (χ4n) is 5.52. The second-order valence-corrected chi connectivity index (χ2v) is 10.9. The van der Waals surface area contributed by atoms with E-state index in [2.05, 4.69) is 21.2 Å². The van der Waals surface area contributed by atoms with Gasteiger partial charge in [0.2, 0.25) is 5.91 Å². The van der Waals surface area contributed by atoms with Crippen LogP contribution in [-0.2, 0) is 11.8 Å². The SMILES string of the molecule is Cc1ccc(C(C(=O)N2CCN(c3ccc(-c4nc(-c5cnn(C)c5)cn5ncc(C#N)c45)cn3)CC2)N(C)C)c(F)c1. The van der Waals surface area contributed by atoms with E-state index >= 15 is 0 Å². The molecule has 0 N–H and O–H groups in total. The summed E-state index contributed by atoms with van der Waals surface area (Å²) in [6.07, 6.45) is 8.67. The van der Waals surface area contributed by atoms with Gasteiger partial charge in [-0.25, -0.2) is 18.9 Å². The fraction of sp³-hybridized carbons (Fsp3) is 0.290. The fourth-order valence-corrected chi connectivity index (χ4v) is 5.52. The predicted molar refractivity (Wildman–Crippen MR) is 159 cm³/mol. The smallest absolute Gasteiger partial charge is 0.244 e. The Balaban J connectivity index is 1.21. The number of halogens is 1. The number of amides is 1. The van der Waals surface area contributed by atoms with Crippen LogP contribution in [0, 0.1) is 24.1 Å². The van der Waals surface area contributed by atoms with Crippen LogP contribution in [0.2, 0.25) is 0 Å². The zero-order valence-electron chi connectivity index (χ0n) is 24.4. The number of carbonyl (C=O) groups is 1.